The molecule has 1 aromatic heterocycles. The van der Waals surface area contributed by atoms with Crippen molar-refractivity contribution in [3.8, 4) is 17.4 Å². The highest BCUT2D eigenvalue weighted by atomic mass is 79.9. The summed E-state index contributed by atoms with van der Waals surface area (Å²) in [6.07, 6.45) is 19.4. The van der Waals surface area contributed by atoms with Gasteiger partial charge < -0.3 is 9.15 Å². The van der Waals surface area contributed by atoms with Gasteiger partial charge in [-0.1, -0.05) is 118 Å². The summed E-state index contributed by atoms with van der Waals surface area (Å²) >= 11 is 3.41. The quantitative estimate of drug-likeness (QED) is 0.0814. The summed E-state index contributed by atoms with van der Waals surface area (Å²) in [6, 6.07) is 13.2. The van der Waals surface area contributed by atoms with Crippen LogP contribution in [0.2, 0.25) is 0 Å². The lowest BCUT2D eigenvalue weighted by atomic mass is 10.0. The second-order valence-corrected chi connectivity index (χ2v) is 10.0. The number of carbonyl (C=O) groups excluding carboxylic acids is 1. The third kappa shape index (κ3) is 12.3. The second kappa shape index (κ2) is 18.0. The highest BCUT2D eigenvalue weighted by molar-refractivity contribution is 9.10. The average molecular weight is 543 g/mol. The standard InChI is InChI=1S/C30H40BrNO3/c1-2-3-4-5-6-7-8-9-10-11-12-13-14-15-22-34-30(33)26(24-32)23-28-20-21-29(35-28)25-16-18-27(31)19-17-25/h16-21,23H,2-15,22H2,1H3/b26-23+. The van der Waals surface area contributed by atoms with Crippen LogP contribution in [0.15, 0.2) is 50.9 Å². The van der Waals surface area contributed by atoms with Gasteiger partial charge in [0.15, 0.2) is 0 Å². The molecule has 1 aromatic carbocycles. The lowest BCUT2D eigenvalue weighted by Gasteiger charge is -2.05. The Hall–Kier alpha value is -2.32. The maximum atomic E-state index is 12.3. The zero-order valence-corrected chi connectivity index (χ0v) is 22.8. The molecule has 0 fully saturated rings. The molecule has 0 saturated carbocycles. The fourth-order valence-corrected chi connectivity index (χ4v) is 4.28. The molecule has 0 aliphatic carbocycles. The van der Waals surface area contributed by atoms with Crippen LogP contribution < -0.4 is 0 Å². The van der Waals surface area contributed by atoms with E-state index in [0.29, 0.717) is 18.1 Å². The first-order chi connectivity index (χ1) is 17.1. The maximum absolute atomic E-state index is 12.3. The zero-order valence-electron chi connectivity index (χ0n) is 21.2. The molecular formula is C30H40BrNO3. The van der Waals surface area contributed by atoms with Crippen molar-refractivity contribution in [3.63, 3.8) is 0 Å². The number of hydrogen-bond acceptors (Lipinski definition) is 4. The van der Waals surface area contributed by atoms with Gasteiger partial charge in [0.2, 0.25) is 0 Å². The summed E-state index contributed by atoms with van der Waals surface area (Å²) in [5, 5.41) is 9.37. The Morgan fingerprint density at radius 1 is 0.857 bits per heavy atom. The van der Waals surface area contributed by atoms with Crippen LogP contribution in [0.1, 0.15) is 103 Å². The molecule has 0 spiro atoms. The lowest BCUT2D eigenvalue weighted by Crippen LogP contribution is -2.07. The molecule has 5 heteroatoms. The van der Waals surface area contributed by atoms with E-state index in [1.807, 2.05) is 36.4 Å². The molecule has 0 aliphatic rings. The van der Waals surface area contributed by atoms with Crippen LogP contribution in [0, 0.1) is 11.3 Å². The number of hydrogen-bond donors (Lipinski definition) is 0. The zero-order chi connectivity index (χ0) is 25.1. The van der Waals surface area contributed by atoms with Gasteiger partial charge in [-0.2, -0.15) is 5.26 Å². The van der Waals surface area contributed by atoms with Crippen molar-refractivity contribution in [1.82, 2.24) is 0 Å². The summed E-state index contributed by atoms with van der Waals surface area (Å²) < 4.78 is 12.1. The molecule has 0 bridgehead atoms. The maximum Gasteiger partial charge on any atom is 0.349 e. The number of unbranched alkanes of at least 4 members (excludes halogenated alkanes) is 13. The minimum atomic E-state index is -0.594. The van der Waals surface area contributed by atoms with Gasteiger partial charge in [-0.25, -0.2) is 4.79 Å². The highest BCUT2D eigenvalue weighted by Gasteiger charge is 2.12. The molecule has 0 saturated heterocycles. The van der Waals surface area contributed by atoms with Crippen LogP contribution in [0.4, 0.5) is 0 Å². The monoisotopic (exact) mass is 541 g/mol. The van der Waals surface area contributed by atoms with Gasteiger partial charge >= 0.3 is 5.97 Å². The third-order valence-electron chi connectivity index (χ3n) is 6.11. The van der Waals surface area contributed by atoms with E-state index in [2.05, 4.69) is 22.9 Å². The highest BCUT2D eigenvalue weighted by Crippen LogP contribution is 2.25. The number of nitrogens with zero attached hydrogens (tertiary/aromatic N) is 1. The number of nitriles is 1. The Labute approximate surface area is 219 Å². The predicted molar refractivity (Wildman–Crippen MR) is 147 cm³/mol. The minimum Gasteiger partial charge on any atom is -0.462 e. The Bertz CT molecular complexity index is 924. The van der Waals surface area contributed by atoms with Crippen LogP contribution >= 0.6 is 15.9 Å². The number of benzene rings is 1. The molecule has 0 atom stereocenters. The number of ether oxygens (including phenoxy) is 1. The van der Waals surface area contributed by atoms with Gasteiger partial charge in [-0.05, 0) is 30.7 Å². The molecule has 0 radical (unpaired) electrons. The molecular weight excluding hydrogens is 502 g/mol. The van der Waals surface area contributed by atoms with Crippen molar-refractivity contribution < 1.29 is 13.9 Å². The number of halogens is 1. The number of esters is 1. The molecule has 1 heterocycles. The van der Waals surface area contributed by atoms with Crippen molar-refractivity contribution in [2.24, 2.45) is 0 Å². The third-order valence-corrected chi connectivity index (χ3v) is 6.64. The summed E-state index contributed by atoms with van der Waals surface area (Å²) in [5.41, 5.74) is 0.874. The number of carbonyl (C=O) groups is 1. The Morgan fingerprint density at radius 3 is 1.94 bits per heavy atom. The fraction of sp³-hybridized carbons (Fsp3) is 0.533. The number of furan rings is 1. The van der Waals surface area contributed by atoms with Crippen LogP contribution in [0.5, 0.6) is 0 Å². The molecule has 0 unspecified atom stereocenters. The van der Waals surface area contributed by atoms with Crippen molar-refractivity contribution in [1.29, 1.82) is 5.26 Å². The fourth-order valence-electron chi connectivity index (χ4n) is 4.02. The van der Waals surface area contributed by atoms with Crippen LogP contribution in [0.3, 0.4) is 0 Å². The van der Waals surface area contributed by atoms with Crippen molar-refractivity contribution in [3.05, 3.63) is 52.2 Å². The van der Waals surface area contributed by atoms with E-state index in [0.717, 1.165) is 22.9 Å². The topological polar surface area (TPSA) is 63.2 Å². The largest absolute Gasteiger partial charge is 0.462 e. The predicted octanol–water partition coefficient (Wildman–Crippen LogP) is 9.64. The minimum absolute atomic E-state index is 0.0490. The molecule has 0 N–H and O–H groups in total. The Morgan fingerprint density at radius 2 is 1.40 bits per heavy atom. The lowest BCUT2D eigenvalue weighted by molar-refractivity contribution is -0.138. The Balaban J connectivity index is 1.55. The SMILES string of the molecule is CCCCCCCCCCCCCCCCOC(=O)/C(C#N)=C/c1ccc(-c2ccc(Br)cc2)o1. The van der Waals surface area contributed by atoms with Gasteiger partial charge in [0.25, 0.3) is 0 Å². The summed E-state index contributed by atoms with van der Waals surface area (Å²) in [7, 11) is 0. The van der Waals surface area contributed by atoms with Crippen LogP contribution in [0.25, 0.3) is 17.4 Å². The van der Waals surface area contributed by atoms with Gasteiger partial charge in [0, 0.05) is 16.1 Å². The van der Waals surface area contributed by atoms with Crippen molar-refractivity contribution >= 4 is 28.0 Å². The molecule has 2 rings (SSSR count). The van der Waals surface area contributed by atoms with E-state index in [-0.39, 0.29) is 5.57 Å². The molecule has 190 valence electrons. The first kappa shape index (κ1) is 28.9. The van der Waals surface area contributed by atoms with E-state index < -0.39 is 5.97 Å². The van der Waals surface area contributed by atoms with Gasteiger partial charge in [0.1, 0.15) is 23.2 Å². The van der Waals surface area contributed by atoms with E-state index in [4.69, 9.17) is 9.15 Å². The molecule has 0 amide bonds. The van der Waals surface area contributed by atoms with Crippen LogP contribution in [-0.4, -0.2) is 12.6 Å². The molecule has 35 heavy (non-hydrogen) atoms. The van der Waals surface area contributed by atoms with Crippen molar-refractivity contribution in [2.45, 2.75) is 96.8 Å². The number of rotatable bonds is 18. The molecule has 4 nitrogen and oxygen atoms in total. The van der Waals surface area contributed by atoms with Gasteiger partial charge in [-0.3, -0.25) is 0 Å². The Kier molecular flexibility index (Phi) is 14.9. The van der Waals surface area contributed by atoms with E-state index in [9.17, 15) is 10.1 Å². The van der Waals surface area contributed by atoms with Gasteiger partial charge in [0.05, 0.1) is 6.61 Å². The average Bonchev–Trinajstić information content (AvgIpc) is 3.33. The van der Waals surface area contributed by atoms with Crippen LogP contribution in [-0.2, 0) is 9.53 Å². The normalized spacial score (nSPS) is 11.4. The molecule has 0 aliphatic heterocycles. The van der Waals surface area contributed by atoms with Crippen molar-refractivity contribution in [2.75, 3.05) is 6.61 Å². The summed E-state index contributed by atoms with van der Waals surface area (Å²) in [6.45, 7) is 2.61. The van der Waals surface area contributed by atoms with Gasteiger partial charge in [-0.15, -0.1) is 0 Å². The summed E-state index contributed by atoms with van der Waals surface area (Å²) in [5.74, 6) is 0.536. The first-order valence-electron chi connectivity index (χ1n) is 13.3. The molecule has 2 aromatic rings. The van der Waals surface area contributed by atoms with E-state index in [1.165, 1.54) is 83.1 Å². The van der Waals surface area contributed by atoms with E-state index >= 15 is 0 Å². The first-order valence-corrected chi connectivity index (χ1v) is 14.1. The summed E-state index contributed by atoms with van der Waals surface area (Å²) in [4.78, 5) is 12.3. The van der Waals surface area contributed by atoms with E-state index in [1.54, 1.807) is 6.07 Å². The smallest absolute Gasteiger partial charge is 0.349 e. The second-order valence-electron chi connectivity index (χ2n) is 9.11.